The van der Waals surface area contributed by atoms with Crippen LogP contribution >= 0.6 is 11.8 Å². The maximum Gasteiger partial charge on any atom is 0.325 e. The van der Waals surface area contributed by atoms with Gasteiger partial charge in [0.15, 0.2) is 6.61 Å². The number of esters is 1. The van der Waals surface area contributed by atoms with Gasteiger partial charge in [-0.15, -0.1) is 11.8 Å². The van der Waals surface area contributed by atoms with E-state index in [4.69, 9.17) is 4.74 Å². The Morgan fingerprint density at radius 2 is 1.85 bits per heavy atom. The van der Waals surface area contributed by atoms with E-state index in [2.05, 4.69) is 5.32 Å². The van der Waals surface area contributed by atoms with Gasteiger partial charge in [0.2, 0.25) is 10.0 Å². The molecule has 3 rings (SSSR count). The summed E-state index contributed by atoms with van der Waals surface area (Å²) in [5.74, 6) is -0.517. The summed E-state index contributed by atoms with van der Waals surface area (Å²) in [5.41, 5.74) is 0. The van der Waals surface area contributed by atoms with Crippen molar-refractivity contribution in [3.8, 4) is 0 Å². The molecule has 1 aliphatic heterocycles. The molecule has 0 bridgehead atoms. The molecule has 148 valence electrons. The molecule has 1 aromatic rings. The summed E-state index contributed by atoms with van der Waals surface area (Å²) in [6, 6.07) is 7.23. The van der Waals surface area contributed by atoms with Crippen molar-refractivity contribution >= 4 is 33.7 Å². The number of amides is 1. The molecule has 0 spiro atoms. The molecule has 2 aliphatic rings. The molecule has 7 nitrogen and oxygen atoms in total. The topological polar surface area (TPSA) is 92.8 Å². The lowest BCUT2D eigenvalue weighted by Gasteiger charge is -2.23. The van der Waals surface area contributed by atoms with Crippen molar-refractivity contribution in [2.75, 3.05) is 18.2 Å². The first-order chi connectivity index (χ1) is 13.0. The van der Waals surface area contributed by atoms with Crippen LogP contribution in [0.3, 0.4) is 0 Å². The average molecular weight is 413 g/mol. The molecule has 1 heterocycles. The second-order valence-corrected chi connectivity index (χ2v) is 9.62. The first-order valence-corrected chi connectivity index (χ1v) is 11.7. The van der Waals surface area contributed by atoms with E-state index in [0.29, 0.717) is 5.75 Å². The zero-order chi connectivity index (χ0) is 19.3. The van der Waals surface area contributed by atoms with Crippen molar-refractivity contribution in [1.82, 2.24) is 9.62 Å². The van der Waals surface area contributed by atoms with Crippen LogP contribution in [0.5, 0.6) is 0 Å². The zero-order valence-electron chi connectivity index (χ0n) is 15.0. The van der Waals surface area contributed by atoms with E-state index in [-0.39, 0.29) is 29.3 Å². The highest BCUT2D eigenvalue weighted by atomic mass is 32.2. The van der Waals surface area contributed by atoms with Crippen molar-refractivity contribution in [1.29, 1.82) is 0 Å². The predicted octanol–water partition coefficient (Wildman–Crippen LogP) is 1.74. The lowest BCUT2D eigenvalue weighted by atomic mass is 9.95. The van der Waals surface area contributed by atoms with E-state index >= 15 is 0 Å². The number of carbonyl (C=O) groups is 2. The molecular formula is C18H24N2O5S2. The fourth-order valence-corrected chi connectivity index (χ4v) is 6.47. The Hall–Kier alpha value is -1.58. The van der Waals surface area contributed by atoms with Crippen molar-refractivity contribution in [2.45, 2.75) is 49.1 Å². The second kappa shape index (κ2) is 9.07. The van der Waals surface area contributed by atoms with Crippen molar-refractivity contribution in [3.63, 3.8) is 0 Å². The van der Waals surface area contributed by atoms with Gasteiger partial charge in [0.25, 0.3) is 5.91 Å². The molecule has 1 saturated carbocycles. The summed E-state index contributed by atoms with van der Waals surface area (Å²) in [5, 5.41) is 2.88. The first kappa shape index (κ1) is 20.2. The van der Waals surface area contributed by atoms with E-state index in [1.54, 1.807) is 18.2 Å². The Morgan fingerprint density at radius 1 is 1.15 bits per heavy atom. The number of thioether (sulfide) groups is 1. The van der Waals surface area contributed by atoms with Gasteiger partial charge in [-0.2, -0.15) is 4.31 Å². The van der Waals surface area contributed by atoms with Crippen LogP contribution in [-0.2, 0) is 24.3 Å². The van der Waals surface area contributed by atoms with E-state index in [1.165, 1.54) is 30.3 Å². The highest BCUT2D eigenvalue weighted by Crippen LogP contribution is 2.28. The monoisotopic (exact) mass is 412 g/mol. The third-order valence-corrected chi connectivity index (χ3v) is 7.82. The number of sulfonamides is 1. The van der Waals surface area contributed by atoms with E-state index in [0.717, 1.165) is 30.0 Å². The highest BCUT2D eigenvalue weighted by Gasteiger charge is 2.41. The summed E-state index contributed by atoms with van der Waals surface area (Å²) in [4.78, 5) is 24.6. The maximum absolute atomic E-state index is 12.8. The second-order valence-electron chi connectivity index (χ2n) is 6.73. The normalized spacial score (nSPS) is 21.7. The lowest BCUT2D eigenvalue weighted by molar-refractivity contribution is -0.151. The minimum Gasteiger partial charge on any atom is -0.454 e. The first-order valence-electron chi connectivity index (χ1n) is 9.09. The fourth-order valence-electron chi connectivity index (χ4n) is 3.33. The molecule has 1 aromatic carbocycles. The van der Waals surface area contributed by atoms with Crippen LogP contribution in [0.2, 0.25) is 0 Å². The van der Waals surface area contributed by atoms with Crippen LogP contribution in [-0.4, -0.2) is 54.9 Å². The fraction of sp³-hybridized carbons (Fsp3) is 0.556. The van der Waals surface area contributed by atoms with Crippen LogP contribution in [0.4, 0.5) is 0 Å². The van der Waals surface area contributed by atoms with Crippen LogP contribution in [0, 0.1) is 0 Å². The predicted molar refractivity (Wildman–Crippen MR) is 103 cm³/mol. The van der Waals surface area contributed by atoms with Crippen LogP contribution in [0.25, 0.3) is 0 Å². The van der Waals surface area contributed by atoms with Crippen molar-refractivity contribution < 1.29 is 22.7 Å². The highest BCUT2D eigenvalue weighted by molar-refractivity contribution is 8.00. The molecule has 0 radical (unpaired) electrons. The van der Waals surface area contributed by atoms with Gasteiger partial charge in [0.1, 0.15) is 6.04 Å². The number of benzene rings is 1. The minimum absolute atomic E-state index is 0.139. The van der Waals surface area contributed by atoms with Gasteiger partial charge in [-0.3, -0.25) is 9.59 Å². The molecule has 27 heavy (non-hydrogen) atoms. The Bertz CT molecular complexity index is 763. The van der Waals surface area contributed by atoms with Crippen LogP contribution < -0.4 is 5.32 Å². The van der Waals surface area contributed by atoms with Gasteiger partial charge >= 0.3 is 5.97 Å². The van der Waals surface area contributed by atoms with Gasteiger partial charge in [-0.05, 0) is 25.0 Å². The van der Waals surface area contributed by atoms with E-state index in [1.807, 2.05) is 0 Å². The Balaban J connectivity index is 1.56. The summed E-state index contributed by atoms with van der Waals surface area (Å²) in [6.07, 6.45) is 5.27. The van der Waals surface area contributed by atoms with E-state index < -0.39 is 22.0 Å². The smallest absolute Gasteiger partial charge is 0.325 e. The molecule has 1 aliphatic carbocycles. The molecule has 9 heteroatoms. The number of ether oxygens (including phenoxy) is 1. The standard InChI is InChI=1S/C18H24N2O5S2/c21-17(19-14-7-3-1-4-8-14)11-25-18(22)16-12-26-13-20(16)27(23,24)15-9-5-2-6-10-15/h2,5-6,9-10,14,16H,1,3-4,7-8,11-13H2,(H,19,21). The quantitative estimate of drug-likeness (QED) is 0.716. The molecule has 0 aromatic heterocycles. The number of carbonyl (C=O) groups excluding carboxylic acids is 2. The SMILES string of the molecule is O=C(COC(=O)C1CSCN1S(=O)(=O)c1ccccc1)NC1CCCCC1. The van der Waals surface area contributed by atoms with Gasteiger partial charge in [0.05, 0.1) is 10.8 Å². The van der Waals surface area contributed by atoms with Gasteiger partial charge < -0.3 is 10.1 Å². The molecule has 1 amide bonds. The number of nitrogens with one attached hydrogen (secondary N) is 1. The third kappa shape index (κ3) is 5.03. The van der Waals surface area contributed by atoms with Gasteiger partial charge in [0, 0.05) is 11.8 Å². The third-order valence-electron chi connectivity index (χ3n) is 4.78. The number of rotatable bonds is 6. The molecule has 2 fully saturated rings. The largest absolute Gasteiger partial charge is 0.454 e. The summed E-state index contributed by atoms with van der Waals surface area (Å²) < 4.78 is 31.8. The average Bonchev–Trinajstić information content (AvgIpc) is 3.18. The number of nitrogens with zero attached hydrogens (tertiary/aromatic N) is 1. The Kier molecular flexibility index (Phi) is 6.78. The minimum atomic E-state index is -3.78. The van der Waals surface area contributed by atoms with Crippen LogP contribution in [0.15, 0.2) is 35.2 Å². The Morgan fingerprint density at radius 3 is 2.56 bits per heavy atom. The van der Waals surface area contributed by atoms with Crippen molar-refractivity contribution in [3.05, 3.63) is 30.3 Å². The molecule has 1 unspecified atom stereocenters. The number of hydrogen-bond donors (Lipinski definition) is 1. The zero-order valence-corrected chi connectivity index (χ0v) is 16.6. The van der Waals surface area contributed by atoms with Crippen LogP contribution in [0.1, 0.15) is 32.1 Å². The maximum atomic E-state index is 12.8. The molecular weight excluding hydrogens is 388 g/mol. The molecule has 1 atom stereocenters. The summed E-state index contributed by atoms with van der Waals surface area (Å²) in [6.45, 7) is -0.379. The van der Waals surface area contributed by atoms with E-state index in [9.17, 15) is 18.0 Å². The molecule has 1 N–H and O–H groups in total. The number of hydrogen-bond acceptors (Lipinski definition) is 6. The Labute approximate surface area is 163 Å². The molecule has 1 saturated heterocycles. The lowest BCUT2D eigenvalue weighted by Crippen LogP contribution is -2.44. The van der Waals surface area contributed by atoms with Gasteiger partial charge in [-0.25, -0.2) is 8.42 Å². The summed E-state index contributed by atoms with van der Waals surface area (Å²) in [7, 11) is -3.78. The summed E-state index contributed by atoms with van der Waals surface area (Å²) >= 11 is 1.35. The van der Waals surface area contributed by atoms with Gasteiger partial charge in [-0.1, -0.05) is 37.5 Å². The van der Waals surface area contributed by atoms with Crippen molar-refractivity contribution in [2.24, 2.45) is 0 Å².